The van der Waals surface area contributed by atoms with Gasteiger partial charge in [0.15, 0.2) is 0 Å². The SMILES string of the molecule is C=CC[C@H]1C(=O)C(C)(C)[C@@H](O)CC(=O)O[C@H](c2ccc3sc(C)nc3c2)C/C=C(/C)CCC[C@H](C)[C@@H]1O. The maximum Gasteiger partial charge on any atom is 0.309 e. The maximum absolute atomic E-state index is 13.6. The molecule has 0 aliphatic carbocycles. The van der Waals surface area contributed by atoms with Gasteiger partial charge in [-0.2, -0.15) is 0 Å². The van der Waals surface area contributed by atoms with Gasteiger partial charge in [-0.25, -0.2) is 4.98 Å². The van der Waals surface area contributed by atoms with E-state index in [0.717, 1.165) is 40.1 Å². The van der Waals surface area contributed by atoms with Crippen molar-refractivity contribution in [2.75, 3.05) is 0 Å². The number of aliphatic hydroxyl groups excluding tert-OH is 2. The van der Waals surface area contributed by atoms with Crippen LogP contribution in [0.5, 0.6) is 0 Å². The number of benzene rings is 1. The highest BCUT2D eigenvalue weighted by Crippen LogP contribution is 2.35. The Bertz CT molecular complexity index is 1150. The van der Waals surface area contributed by atoms with Gasteiger partial charge in [-0.3, -0.25) is 9.59 Å². The Hall–Kier alpha value is -2.35. The fourth-order valence-corrected chi connectivity index (χ4v) is 5.84. The van der Waals surface area contributed by atoms with Crippen LogP contribution in [0.4, 0.5) is 0 Å². The molecule has 1 aliphatic heterocycles. The number of aliphatic hydroxyl groups is 2. The first-order valence-electron chi connectivity index (χ1n) is 13.2. The van der Waals surface area contributed by atoms with E-state index in [-0.39, 0.29) is 18.1 Å². The summed E-state index contributed by atoms with van der Waals surface area (Å²) >= 11 is 1.62. The Morgan fingerprint density at radius 2 is 1.97 bits per heavy atom. The van der Waals surface area contributed by atoms with Crippen molar-refractivity contribution < 1.29 is 24.5 Å². The summed E-state index contributed by atoms with van der Waals surface area (Å²) in [5, 5.41) is 23.1. The molecule has 0 saturated heterocycles. The summed E-state index contributed by atoms with van der Waals surface area (Å²) < 4.78 is 6.99. The molecular weight excluding hydrogens is 486 g/mol. The molecule has 1 aliphatic rings. The number of rotatable bonds is 3. The molecule has 1 aromatic carbocycles. The van der Waals surface area contributed by atoms with Gasteiger partial charge in [0, 0.05) is 12.3 Å². The van der Waals surface area contributed by atoms with Crippen LogP contribution in [-0.4, -0.2) is 39.2 Å². The number of thiazole rings is 1. The number of cyclic esters (lactones) is 1. The fraction of sp³-hybridized carbons (Fsp3) is 0.567. The second kappa shape index (κ2) is 12.5. The van der Waals surface area contributed by atoms with E-state index in [0.29, 0.717) is 12.8 Å². The number of ketones is 1. The van der Waals surface area contributed by atoms with Crippen LogP contribution in [0.25, 0.3) is 10.2 Å². The topological polar surface area (TPSA) is 96.7 Å². The van der Waals surface area contributed by atoms with Crippen molar-refractivity contribution in [2.45, 2.75) is 91.5 Å². The van der Waals surface area contributed by atoms with E-state index >= 15 is 0 Å². The average Bonchev–Trinajstić information content (AvgIpc) is 3.22. The molecule has 202 valence electrons. The number of aryl methyl sites for hydroxylation is 1. The number of ether oxygens (including phenoxy) is 1. The van der Waals surface area contributed by atoms with Crippen LogP contribution in [0.1, 0.15) is 82.9 Å². The molecule has 0 fully saturated rings. The number of Topliss-reactive ketones (excluding diaryl/α,β-unsaturated/α-hetero) is 1. The van der Waals surface area contributed by atoms with Crippen molar-refractivity contribution in [1.29, 1.82) is 0 Å². The van der Waals surface area contributed by atoms with Gasteiger partial charge in [0.1, 0.15) is 11.9 Å². The molecule has 0 radical (unpaired) electrons. The van der Waals surface area contributed by atoms with E-state index < -0.39 is 35.6 Å². The molecule has 7 heteroatoms. The predicted octanol–water partition coefficient (Wildman–Crippen LogP) is 6.24. The van der Waals surface area contributed by atoms with E-state index in [2.05, 4.69) is 24.6 Å². The van der Waals surface area contributed by atoms with Crippen LogP contribution in [0, 0.1) is 24.2 Å². The Labute approximate surface area is 224 Å². The summed E-state index contributed by atoms with van der Waals surface area (Å²) in [7, 11) is 0. The largest absolute Gasteiger partial charge is 0.457 e. The number of hydrogen-bond donors (Lipinski definition) is 2. The van der Waals surface area contributed by atoms with Crippen molar-refractivity contribution in [3.63, 3.8) is 0 Å². The van der Waals surface area contributed by atoms with Gasteiger partial charge >= 0.3 is 5.97 Å². The zero-order chi connectivity index (χ0) is 27.3. The normalized spacial score (nSPS) is 29.9. The fourth-order valence-electron chi connectivity index (χ4n) is 5.04. The van der Waals surface area contributed by atoms with Gasteiger partial charge in [-0.1, -0.05) is 44.6 Å². The first-order valence-corrected chi connectivity index (χ1v) is 14.0. The van der Waals surface area contributed by atoms with Crippen molar-refractivity contribution in [3.05, 3.63) is 53.1 Å². The summed E-state index contributed by atoms with van der Waals surface area (Å²) in [5.74, 6) is -1.62. The third-order valence-electron chi connectivity index (χ3n) is 7.66. The van der Waals surface area contributed by atoms with E-state index in [4.69, 9.17) is 4.74 Å². The molecule has 5 atom stereocenters. The number of esters is 1. The lowest BCUT2D eigenvalue weighted by Gasteiger charge is -2.35. The third-order valence-corrected chi connectivity index (χ3v) is 8.61. The lowest BCUT2D eigenvalue weighted by atomic mass is 9.71. The van der Waals surface area contributed by atoms with E-state index in [1.807, 2.05) is 32.0 Å². The van der Waals surface area contributed by atoms with Crippen LogP contribution < -0.4 is 0 Å². The lowest BCUT2D eigenvalue weighted by molar-refractivity contribution is -0.156. The highest BCUT2D eigenvalue weighted by molar-refractivity contribution is 7.18. The first-order chi connectivity index (χ1) is 17.4. The summed E-state index contributed by atoms with van der Waals surface area (Å²) in [4.78, 5) is 31.2. The predicted molar refractivity (Wildman–Crippen MR) is 148 cm³/mol. The molecule has 3 rings (SSSR count). The number of nitrogens with zero attached hydrogens (tertiary/aromatic N) is 1. The monoisotopic (exact) mass is 527 g/mol. The van der Waals surface area contributed by atoms with Gasteiger partial charge < -0.3 is 14.9 Å². The Morgan fingerprint density at radius 1 is 1.24 bits per heavy atom. The van der Waals surface area contributed by atoms with Crippen LogP contribution in [0.15, 0.2) is 42.5 Å². The molecule has 0 unspecified atom stereocenters. The molecule has 0 saturated carbocycles. The smallest absolute Gasteiger partial charge is 0.309 e. The maximum atomic E-state index is 13.6. The molecule has 0 amide bonds. The molecule has 37 heavy (non-hydrogen) atoms. The Morgan fingerprint density at radius 3 is 2.68 bits per heavy atom. The molecular formula is C30H41NO5S. The molecule has 1 aromatic heterocycles. The highest BCUT2D eigenvalue weighted by Gasteiger charge is 2.43. The number of carbonyl (C=O) groups is 2. The average molecular weight is 528 g/mol. The minimum Gasteiger partial charge on any atom is -0.457 e. The van der Waals surface area contributed by atoms with E-state index in [1.165, 1.54) is 5.57 Å². The van der Waals surface area contributed by atoms with Gasteiger partial charge in [0.25, 0.3) is 0 Å². The van der Waals surface area contributed by atoms with Crippen molar-refractivity contribution in [2.24, 2.45) is 17.3 Å². The Kier molecular flexibility index (Phi) is 9.84. The molecule has 2 N–H and O–H groups in total. The summed E-state index contributed by atoms with van der Waals surface area (Å²) in [6, 6.07) is 5.93. The molecule has 0 spiro atoms. The number of hydrogen-bond acceptors (Lipinski definition) is 7. The number of fused-ring (bicyclic) bond motifs is 1. The standard InChI is InChI=1S/C30H41NO5S/c1-7-9-22-28(34)19(3)11-8-10-18(2)12-14-24(21-13-15-25-23(16-21)31-20(4)37-25)36-27(33)17-26(32)30(5,6)29(22)35/h7,12-13,15-16,19,22,24,26,28,32,34H,1,8-11,14,17H2,2-6H3/b18-12-/t19-,22+,24-,26-,28-/m0/s1. The summed E-state index contributed by atoms with van der Waals surface area (Å²) in [6.07, 6.45) is 4.10. The van der Waals surface area contributed by atoms with Gasteiger partial charge in [-0.05, 0) is 63.1 Å². The minimum absolute atomic E-state index is 0.0893. The number of carbonyl (C=O) groups excluding carboxylic acids is 2. The minimum atomic E-state index is -1.25. The lowest BCUT2D eigenvalue weighted by Crippen LogP contribution is -2.46. The third kappa shape index (κ3) is 7.15. The van der Waals surface area contributed by atoms with Crippen LogP contribution in [0.2, 0.25) is 0 Å². The Balaban J connectivity index is 1.93. The van der Waals surface area contributed by atoms with E-state index in [9.17, 15) is 19.8 Å². The highest BCUT2D eigenvalue weighted by atomic mass is 32.1. The molecule has 2 heterocycles. The quantitative estimate of drug-likeness (QED) is 0.362. The molecule has 0 bridgehead atoms. The zero-order valence-electron chi connectivity index (χ0n) is 22.7. The van der Waals surface area contributed by atoms with Crippen LogP contribution >= 0.6 is 11.3 Å². The van der Waals surface area contributed by atoms with Gasteiger partial charge in [0.05, 0.1) is 39.3 Å². The zero-order valence-corrected chi connectivity index (χ0v) is 23.5. The van der Waals surface area contributed by atoms with Gasteiger partial charge in [-0.15, -0.1) is 17.9 Å². The summed E-state index contributed by atoms with van der Waals surface area (Å²) in [5.41, 5.74) is 1.66. The van der Waals surface area contributed by atoms with Gasteiger partial charge in [0.2, 0.25) is 0 Å². The van der Waals surface area contributed by atoms with Crippen molar-refractivity contribution in [1.82, 2.24) is 4.98 Å². The molecule has 2 aromatic rings. The summed E-state index contributed by atoms with van der Waals surface area (Å²) in [6.45, 7) is 13.0. The second-order valence-corrected chi connectivity index (χ2v) is 12.3. The van der Waals surface area contributed by atoms with E-state index in [1.54, 1.807) is 31.3 Å². The second-order valence-electron chi connectivity index (χ2n) is 11.0. The van der Waals surface area contributed by atoms with Crippen molar-refractivity contribution in [3.8, 4) is 0 Å². The number of aromatic nitrogens is 1. The van der Waals surface area contributed by atoms with Crippen LogP contribution in [-0.2, 0) is 14.3 Å². The molecule has 6 nitrogen and oxygen atoms in total. The first kappa shape index (κ1) is 29.2. The number of allylic oxidation sites excluding steroid dienone is 2. The van der Waals surface area contributed by atoms with Crippen LogP contribution in [0.3, 0.4) is 0 Å². The van der Waals surface area contributed by atoms with Crippen molar-refractivity contribution >= 4 is 33.3 Å².